The van der Waals surface area contributed by atoms with Gasteiger partial charge in [-0.25, -0.2) is 0 Å². The first-order valence-electron chi connectivity index (χ1n) is 7.06. The van der Waals surface area contributed by atoms with Gasteiger partial charge in [-0.05, 0) is 11.6 Å². The van der Waals surface area contributed by atoms with Gasteiger partial charge in [0.05, 0.1) is 13.2 Å². The maximum atomic E-state index is 11.7. The van der Waals surface area contributed by atoms with Crippen LogP contribution in [0.15, 0.2) is 28.8 Å². The van der Waals surface area contributed by atoms with E-state index < -0.39 is 0 Å². The molecule has 1 unspecified atom stereocenters. The standard InChI is InChI=1S/C15H16ClN3O3/c1-10(20)19-6-7-21-9-13(19)15-17-14(18-22-15)8-11-4-2-3-5-12(11)16/h2-5,13H,6-9H2,1H3. The summed E-state index contributed by atoms with van der Waals surface area (Å²) in [6, 6.07) is 7.21. The van der Waals surface area contributed by atoms with E-state index in [1.54, 1.807) is 4.90 Å². The van der Waals surface area contributed by atoms with Gasteiger partial charge in [-0.2, -0.15) is 4.98 Å². The lowest BCUT2D eigenvalue weighted by Gasteiger charge is -2.32. The Labute approximate surface area is 133 Å². The number of aromatic nitrogens is 2. The average Bonchev–Trinajstić information content (AvgIpc) is 2.98. The molecule has 0 saturated carbocycles. The first-order chi connectivity index (χ1) is 10.6. The number of hydrogen-bond acceptors (Lipinski definition) is 5. The van der Waals surface area contributed by atoms with E-state index in [9.17, 15) is 4.79 Å². The fraction of sp³-hybridized carbons (Fsp3) is 0.400. The SMILES string of the molecule is CC(=O)N1CCOCC1c1nc(Cc2ccccc2Cl)no1. The summed E-state index contributed by atoms with van der Waals surface area (Å²) in [6.45, 7) is 2.95. The molecular formula is C15H16ClN3O3. The maximum absolute atomic E-state index is 11.7. The van der Waals surface area contributed by atoms with Crippen LogP contribution in [0.25, 0.3) is 0 Å². The second-order valence-corrected chi connectivity index (χ2v) is 5.53. The largest absolute Gasteiger partial charge is 0.377 e. The third-order valence-electron chi connectivity index (χ3n) is 3.61. The molecule has 1 amide bonds. The van der Waals surface area contributed by atoms with Gasteiger partial charge in [0.1, 0.15) is 6.04 Å². The summed E-state index contributed by atoms with van der Waals surface area (Å²) in [5.74, 6) is 0.910. The molecule has 1 aliphatic rings. The molecule has 2 aromatic rings. The van der Waals surface area contributed by atoms with E-state index in [1.807, 2.05) is 24.3 Å². The number of morpholine rings is 1. The molecule has 0 aliphatic carbocycles. The maximum Gasteiger partial charge on any atom is 0.251 e. The minimum absolute atomic E-state index is 0.0286. The normalized spacial score (nSPS) is 18.5. The van der Waals surface area contributed by atoms with Gasteiger partial charge >= 0.3 is 0 Å². The molecule has 7 heteroatoms. The summed E-state index contributed by atoms with van der Waals surface area (Å²) in [5, 5.41) is 4.65. The van der Waals surface area contributed by atoms with Crippen LogP contribution in [0.1, 0.15) is 30.2 Å². The highest BCUT2D eigenvalue weighted by Gasteiger charge is 2.31. The van der Waals surface area contributed by atoms with Crippen molar-refractivity contribution >= 4 is 17.5 Å². The number of amides is 1. The third kappa shape index (κ3) is 3.13. The Morgan fingerprint density at radius 2 is 2.27 bits per heavy atom. The molecule has 1 aromatic heterocycles. The fourth-order valence-electron chi connectivity index (χ4n) is 2.47. The van der Waals surface area contributed by atoms with Crippen molar-refractivity contribution in [1.29, 1.82) is 0 Å². The van der Waals surface area contributed by atoms with Crippen LogP contribution in [0, 0.1) is 0 Å². The molecule has 1 atom stereocenters. The van der Waals surface area contributed by atoms with Crippen LogP contribution in [-0.2, 0) is 16.0 Å². The monoisotopic (exact) mass is 321 g/mol. The zero-order valence-electron chi connectivity index (χ0n) is 12.2. The predicted molar refractivity (Wildman–Crippen MR) is 79.5 cm³/mol. The van der Waals surface area contributed by atoms with Crippen LogP contribution in [0.5, 0.6) is 0 Å². The molecule has 0 bridgehead atoms. The number of rotatable bonds is 3. The molecule has 1 aliphatic heterocycles. The van der Waals surface area contributed by atoms with Crippen LogP contribution in [0.4, 0.5) is 0 Å². The summed E-state index contributed by atoms with van der Waals surface area (Å²) in [6.07, 6.45) is 0.483. The topological polar surface area (TPSA) is 68.5 Å². The molecule has 3 rings (SSSR count). The van der Waals surface area contributed by atoms with Gasteiger partial charge in [0.25, 0.3) is 5.89 Å². The van der Waals surface area contributed by atoms with E-state index in [4.69, 9.17) is 20.9 Å². The number of carbonyl (C=O) groups excluding carboxylic acids is 1. The van der Waals surface area contributed by atoms with Crippen molar-refractivity contribution in [1.82, 2.24) is 15.0 Å². The van der Waals surface area contributed by atoms with Crippen molar-refractivity contribution in [3.8, 4) is 0 Å². The Kier molecular flexibility index (Phi) is 4.40. The Bertz CT molecular complexity index is 674. The fourth-order valence-corrected chi connectivity index (χ4v) is 2.67. The first kappa shape index (κ1) is 15.0. The van der Waals surface area contributed by atoms with Crippen molar-refractivity contribution in [2.24, 2.45) is 0 Å². The summed E-state index contributed by atoms with van der Waals surface area (Å²) in [7, 11) is 0. The number of ether oxygens (including phenoxy) is 1. The summed E-state index contributed by atoms with van der Waals surface area (Å²) >= 11 is 6.14. The van der Waals surface area contributed by atoms with Crippen molar-refractivity contribution in [3.63, 3.8) is 0 Å². The highest BCUT2D eigenvalue weighted by atomic mass is 35.5. The second-order valence-electron chi connectivity index (χ2n) is 5.12. The lowest BCUT2D eigenvalue weighted by Crippen LogP contribution is -2.42. The number of hydrogen-bond donors (Lipinski definition) is 0. The van der Waals surface area contributed by atoms with Gasteiger partial charge in [0.2, 0.25) is 5.91 Å². The summed E-state index contributed by atoms with van der Waals surface area (Å²) < 4.78 is 10.7. The molecule has 1 aromatic carbocycles. The lowest BCUT2D eigenvalue weighted by molar-refractivity contribution is -0.138. The molecule has 116 valence electrons. The van der Waals surface area contributed by atoms with Crippen LogP contribution in [0.2, 0.25) is 5.02 Å². The molecule has 1 fully saturated rings. The summed E-state index contributed by atoms with van der Waals surface area (Å²) in [5.41, 5.74) is 0.930. The van der Waals surface area contributed by atoms with E-state index in [0.29, 0.717) is 42.9 Å². The molecule has 2 heterocycles. The second kappa shape index (κ2) is 6.46. The van der Waals surface area contributed by atoms with Crippen molar-refractivity contribution in [3.05, 3.63) is 46.6 Å². The number of nitrogens with zero attached hydrogens (tertiary/aromatic N) is 3. The van der Waals surface area contributed by atoms with Crippen molar-refractivity contribution in [2.45, 2.75) is 19.4 Å². The Morgan fingerprint density at radius 1 is 1.45 bits per heavy atom. The van der Waals surface area contributed by atoms with Crippen LogP contribution < -0.4 is 0 Å². The average molecular weight is 322 g/mol. The third-order valence-corrected chi connectivity index (χ3v) is 3.98. The number of halogens is 1. The smallest absolute Gasteiger partial charge is 0.251 e. The summed E-state index contributed by atoms with van der Waals surface area (Å²) in [4.78, 5) is 17.8. The van der Waals surface area contributed by atoms with E-state index in [-0.39, 0.29) is 11.9 Å². The van der Waals surface area contributed by atoms with E-state index in [1.165, 1.54) is 6.92 Å². The molecule has 0 N–H and O–H groups in total. The van der Waals surface area contributed by atoms with E-state index in [0.717, 1.165) is 5.56 Å². The van der Waals surface area contributed by atoms with Gasteiger partial charge < -0.3 is 14.2 Å². The zero-order chi connectivity index (χ0) is 15.5. The zero-order valence-corrected chi connectivity index (χ0v) is 12.9. The molecule has 22 heavy (non-hydrogen) atoms. The van der Waals surface area contributed by atoms with E-state index in [2.05, 4.69) is 10.1 Å². The lowest BCUT2D eigenvalue weighted by atomic mass is 10.1. The van der Waals surface area contributed by atoms with Crippen LogP contribution in [-0.4, -0.2) is 40.7 Å². The molecule has 1 saturated heterocycles. The van der Waals surface area contributed by atoms with Gasteiger partial charge in [-0.3, -0.25) is 4.79 Å². The van der Waals surface area contributed by atoms with Crippen LogP contribution >= 0.6 is 11.6 Å². The van der Waals surface area contributed by atoms with Gasteiger partial charge in [-0.1, -0.05) is 35.0 Å². The highest BCUT2D eigenvalue weighted by Crippen LogP contribution is 2.24. The Balaban J connectivity index is 1.78. The number of carbonyl (C=O) groups is 1. The van der Waals surface area contributed by atoms with E-state index >= 15 is 0 Å². The minimum Gasteiger partial charge on any atom is -0.377 e. The Hall–Kier alpha value is -1.92. The van der Waals surface area contributed by atoms with Crippen LogP contribution in [0.3, 0.4) is 0 Å². The van der Waals surface area contributed by atoms with Gasteiger partial charge in [0.15, 0.2) is 5.82 Å². The molecule has 0 radical (unpaired) electrons. The quantitative estimate of drug-likeness (QED) is 0.867. The Morgan fingerprint density at radius 3 is 3.05 bits per heavy atom. The highest BCUT2D eigenvalue weighted by molar-refractivity contribution is 6.31. The molecular weight excluding hydrogens is 306 g/mol. The van der Waals surface area contributed by atoms with Crippen molar-refractivity contribution < 1.29 is 14.1 Å². The predicted octanol–water partition coefficient (Wildman–Crippen LogP) is 2.23. The molecule has 6 nitrogen and oxygen atoms in total. The first-order valence-corrected chi connectivity index (χ1v) is 7.44. The number of benzene rings is 1. The molecule has 0 spiro atoms. The van der Waals surface area contributed by atoms with Gasteiger partial charge in [-0.15, -0.1) is 0 Å². The van der Waals surface area contributed by atoms with Crippen molar-refractivity contribution in [2.75, 3.05) is 19.8 Å². The van der Waals surface area contributed by atoms with Gasteiger partial charge in [0, 0.05) is 24.9 Å². The minimum atomic E-state index is -0.321.